The molecular weight excluding hydrogens is 322 g/mol. The molecule has 2 rings (SSSR count). The molecule has 0 aliphatic carbocycles. The van der Waals surface area contributed by atoms with Gasteiger partial charge in [-0.15, -0.1) is 0 Å². The van der Waals surface area contributed by atoms with E-state index in [0.29, 0.717) is 16.6 Å². The third-order valence-corrected chi connectivity index (χ3v) is 4.00. The third-order valence-electron chi connectivity index (χ3n) is 4.00. The van der Waals surface area contributed by atoms with Crippen LogP contribution in [0.3, 0.4) is 0 Å². The number of benzene rings is 1. The molecule has 0 radical (unpaired) electrons. The molecule has 134 valence electrons. The van der Waals surface area contributed by atoms with Crippen molar-refractivity contribution in [2.24, 2.45) is 5.92 Å². The SMILES string of the molecule is CCOC(=O)CC(C)C(C(=O)OCC)c1cc(=O)c2ccccc2[nH]1. The summed E-state index contributed by atoms with van der Waals surface area (Å²) in [5, 5.41) is 0.548. The molecule has 0 amide bonds. The molecule has 1 aromatic heterocycles. The van der Waals surface area contributed by atoms with Crippen molar-refractivity contribution in [3.63, 3.8) is 0 Å². The van der Waals surface area contributed by atoms with Crippen LogP contribution in [0, 0.1) is 5.92 Å². The Balaban J connectivity index is 2.43. The van der Waals surface area contributed by atoms with E-state index >= 15 is 0 Å². The highest BCUT2D eigenvalue weighted by Gasteiger charge is 2.31. The number of para-hydroxylation sites is 1. The Bertz CT molecular complexity index is 811. The third kappa shape index (κ3) is 4.47. The molecule has 6 nitrogen and oxygen atoms in total. The average Bonchev–Trinajstić information content (AvgIpc) is 2.55. The maximum absolute atomic E-state index is 12.5. The number of hydrogen-bond acceptors (Lipinski definition) is 5. The number of hydrogen-bond donors (Lipinski definition) is 1. The van der Waals surface area contributed by atoms with Crippen LogP contribution < -0.4 is 5.43 Å². The van der Waals surface area contributed by atoms with E-state index in [1.807, 2.05) is 6.07 Å². The molecule has 0 spiro atoms. The van der Waals surface area contributed by atoms with Crippen LogP contribution in [0.15, 0.2) is 35.1 Å². The van der Waals surface area contributed by atoms with Crippen LogP contribution in [0.5, 0.6) is 0 Å². The van der Waals surface area contributed by atoms with Gasteiger partial charge in [0.2, 0.25) is 0 Å². The van der Waals surface area contributed by atoms with Gasteiger partial charge in [0.15, 0.2) is 5.43 Å². The average molecular weight is 345 g/mol. The first kappa shape index (κ1) is 18.7. The minimum absolute atomic E-state index is 0.0617. The fraction of sp³-hybridized carbons (Fsp3) is 0.421. The van der Waals surface area contributed by atoms with Crippen molar-refractivity contribution in [2.45, 2.75) is 33.1 Å². The van der Waals surface area contributed by atoms with Gasteiger partial charge in [-0.25, -0.2) is 0 Å². The van der Waals surface area contributed by atoms with E-state index in [2.05, 4.69) is 4.98 Å². The van der Waals surface area contributed by atoms with Gasteiger partial charge in [-0.05, 0) is 31.9 Å². The second-order valence-corrected chi connectivity index (χ2v) is 5.85. The van der Waals surface area contributed by atoms with E-state index in [0.717, 1.165) is 0 Å². The summed E-state index contributed by atoms with van der Waals surface area (Å²) in [5.74, 6) is -1.98. The minimum atomic E-state index is -0.748. The lowest BCUT2D eigenvalue weighted by Crippen LogP contribution is -2.26. The van der Waals surface area contributed by atoms with Crippen molar-refractivity contribution in [1.82, 2.24) is 4.98 Å². The maximum atomic E-state index is 12.5. The molecule has 1 heterocycles. The molecule has 0 saturated carbocycles. The van der Waals surface area contributed by atoms with Crippen LogP contribution in [-0.2, 0) is 19.1 Å². The number of nitrogens with one attached hydrogen (secondary N) is 1. The lowest BCUT2D eigenvalue weighted by atomic mass is 9.87. The van der Waals surface area contributed by atoms with Crippen molar-refractivity contribution in [3.05, 3.63) is 46.2 Å². The smallest absolute Gasteiger partial charge is 0.315 e. The molecule has 1 N–H and O–H groups in total. The van der Waals surface area contributed by atoms with Crippen LogP contribution in [0.1, 0.15) is 38.8 Å². The zero-order valence-corrected chi connectivity index (χ0v) is 14.7. The fourth-order valence-corrected chi connectivity index (χ4v) is 2.88. The molecule has 0 saturated heterocycles. The summed E-state index contributed by atoms with van der Waals surface area (Å²) in [6.07, 6.45) is 0.0617. The number of pyridine rings is 1. The number of H-pyrrole nitrogens is 1. The quantitative estimate of drug-likeness (QED) is 0.780. The molecule has 0 fully saturated rings. The van der Waals surface area contributed by atoms with Gasteiger partial charge in [0, 0.05) is 29.1 Å². The first-order chi connectivity index (χ1) is 12.0. The number of rotatable bonds is 7. The highest BCUT2D eigenvalue weighted by molar-refractivity contribution is 5.82. The van der Waals surface area contributed by atoms with E-state index in [-0.39, 0.29) is 37.0 Å². The van der Waals surface area contributed by atoms with E-state index < -0.39 is 11.9 Å². The molecule has 2 aromatic rings. The maximum Gasteiger partial charge on any atom is 0.315 e. The summed E-state index contributed by atoms with van der Waals surface area (Å²) >= 11 is 0. The topological polar surface area (TPSA) is 85.5 Å². The number of esters is 2. The minimum Gasteiger partial charge on any atom is -0.466 e. The van der Waals surface area contributed by atoms with Gasteiger partial charge in [0.25, 0.3) is 0 Å². The van der Waals surface area contributed by atoms with Crippen molar-refractivity contribution in [2.75, 3.05) is 13.2 Å². The molecular formula is C19H23NO5. The highest BCUT2D eigenvalue weighted by atomic mass is 16.5. The zero-order chi connectivity index (χ0) is 18.4. The molecule has 25 heavy (non-hydrogen) atoms. The Hall–Kier alpha value is -2.63. The Morgan fingerprint density at radius 1 is 1.12 bits per heavy atom. The van der Waals surface area contributed by atoms with Gasteiger partial charge in [-0.2, -0.15) is 0 Å². The lowest BCUT2D eigenvalue weighted by molar-refractivity contribution is -0.148. The molecule has 1 aromatic carbocycles. The highest BCUT2D eigenvalue weighted by Crippen LogP contribution is 2.28. The number of ether oxygens (including phenoxy) is 2. The molecule has 2 unspecified atom stereocenters. The van der Waals surface area contributed by atoms with Crippen LogP contribution in [0.2, 0.25) is 0 Å². The van der Waals surface area contributed by atoms with Gasteiger partial charge in [-0.1, -0.05) is 19.1 Å². The van der Waals surface area contributed by atoms with E-state index in [1.54, 1.807) is 39.0 Å². The number of fused-ring (bicyclic) bond motifs is 1. The van der Waals surface area contributed by atoms with Crippen LogP contribution in [-0.4, -0.2) is 30.1 Å². The normalized spacial score (nSPS) is 13.2. The van der Waals surface area contributed by atoms with Gasteiger partial charge < -0.3 is 14.5 Å². The lowest BCUT2D eigenvalue weighted by Gasteiger charge is -2.22. The van der Waals surface area contributed by atoms with Crippen molar-refractivity contribution in [1.29, 1.82) is 0 Å². The molecule has 6 heteroatoms. The van der Waals surface area contributed by atoms with E-state index in [1.165, 1.54) is 6.07 Å². The summed E-state index contributed by atoms with van der Waals surface area (Å²) < 4.78 is 10.1. The predicted octanol–water partition coefficient (Wildman–Crippen LogP) is 2.76. The van der Waals surface area contributed by atoms with Gasteiger partial charge in [0.05, 0.1) is 13.2 Å². The standard InChI is InChI=1S/C19H23NO5/c1-4-24-17(22)10-12(3)18(19(23)25-5-2)15-11-16(21)13-8-6-7-9-14(13)20-15/h6-9,11-12,18H,4-5,10H2,1-3H3,(H,20,21). The van der Waals surface area contributed by atoms with Crippen LogP contribution in [0.25, 0.3) is 10.9 Å². The first-order valence-electron chi connectivity index (χ1n) is 8.42. The Morgan fingerprint density at radius 2 is 1.80 bits per heavy atom. The van der Waals surface area contributed by atoms with Crippen molar-refractivity contribution >= 4 is 22.8 Å². The van der Waals surface area contributed by atoms with Crippen LogP contribution >= 0.6 is 0 Å². The summed E-state index contributed by atoms with van der Waals surface area (Å²) in [5.41, 5.74) is 0.906. The van der Waals surface area contributed by atoms with Gasteiger partial charge >= 0.3 is 11.9 Å². The van der Waals surface area contributed by atoms with Gasteiger partial charge in [-0.3, -0.25) is 14.4 Å². The summed E-state index contributed by atoms with van der Waals surface area (Å²) in [6.45, 7) is 5.72. The number of aromatic amines is 1. The fourth-order valence-electron chi connectivity index (χ4n) is 2.88. The molecule has 0 aliphatic heterocycles. The predicted molar refractivity (Wildman–Crippen MR) is 94.4 cm³/mol. The van der Waals surface area contributed by atoms with E-state index in [4.69, 9.17) is 9.47 Å². The summed E-state index contributed by atoms with van der Waals surface area (Å²) in [7, 11) is 0. The largest absolute Gasteiger partial charge is 0.466 e. The number of carbonyl (C=O) groups excluding carboxylic acids is 2. The zero-order valence-electron chi connectivity index (χ0n) is 14.7. The Morgan fingerprint density at radius 3 is 2.48 bits per heavy atom. The molecule has 0 bridgehead atoms. The summed E-state index contributed by atoms with van der Waals surface area (Å²) in [4.78, 5) is 39.8. The van der Waals surface area contributed by atoms with Crippen LogP contribution in [0.4, 0.5) is 0 Å². The molecule has 2 atom stereocenters. The number of carbonyl (C=O) groups is 2. The Kier molecular flexibility index (Phi) is 6.33. The first-order valence-corrected chi connectivity index (χ1v) is 8.42. The second kappa shape index (κ2) is 8.46. The summed E-state index contributed by atoms with van der Waals surface area (Å²) in [6, 6.07) is 8.50. The van der Waals surface area contributed by atoms with E-state index in [9.17, 15) is 14.4 Å². The second-order valence-electron chi connectivity index (χ2n) is 5.85. The van der Waals surface area contributed by atoms with Crippen molar-refractivity contribution in [3.8, 4) is 0 Å². The Labute approximate surface area is 146 Å². The van der Waals surface area contributed by atoms with Crippen molar-refractivity contribution < 1.29 is 19.1 Å². The monoisotopic (exact) mass is 345 g/mol. The van der Waals surface area contributed by atoms with Gasteiger partial charge in [0.1, 0.15) is 5.92 Å². The number of aromatic nitrogens is 1. The molecule has 0 aliphatic rings.